The molecule has 7 heteroatoms. The number of hydrogen-bond acceptors (Lipinski definition) is 5. The molecule has 2 aliphatic heterocycles. The highest BCUT2D eigenvalue weighted by Crippen LogP contribution is 2.44. The topological polar surface area (TPSA) is 72.9 Å². The van der Waals surface area contributed by atoms with Crippen LogP contribution in [-0.2, 0) is 25.8 Å². The molecule has 1 aromatic rings. The number of ether oxygens (including phenoxy) is 2. The predicted octanol–water partition coefficient (Wildman–Crippen LogP) is 0.900. The number of likely N-dealkylation sites (tertiary alicyclic amines) is 1. The molecule has 0 aromatic heterocycles. The van der Waals surface area contributed by atoms with Gasteiger partial charge in [-0.3, -0.25) is 4.79 Å². The Hall–Kier alpha value is -1.60. The molecule has 3 rings (SSSR count). The number of carbonyl (C=O) groups excluding carboxylic acids is 1. The van der Waals surface area contributed by atoms with Crippen LogP contribution in [0.1, 0.15) is 12.0 Å². The average Bonchev–Trinajstić information content (AvgIpc) is 2.77. The molecule has 2 heterocycles. The molecule has 6 nitrogen and oxygen atoms in total. The zero-order valence-corrected chi connectivity index (χ0v) is 14.8. The maximum absolute atomic E-state index is 12.5. The van der Waals surface area contributed by atoms with Gasteiger partial charge in [0.15, 0.2) is 9.84 Å². The van der Waals surface area contributed by atoms with Crippen LogP contribution >= 0.6 is 0 Å². The minimum Gasteiger partial charge on any atom is -0.497 e. The van der Waals surface area contributed by atoms with Crippen molar-refractivity contribution in [1.82, 2.24) is 4.90 Å². The predicted molar refractivity (Wildman–Crippen MR) is 89.8 cm³/mol. The van der Waals surface area contributed by atoms with E-state index in [0.717, 1.165) is 5.56 Å². The molecule has 132 valence electrons. The SMILES string of the molecule is COCC1CCS(=O)(=O)C12CN(C(=O)Cc1cccc(OC)c1)C2. The summed E-state index contributed by atoms with van der Waals surface area (Å²) < 4.78 is 34.5. The van der Waals surface area contributed by atoms with E-state index >= 15 is 0 Å². The Morgan fingerprint density at radius 1 is 1.33 bits per heavy atom. The molecule has 2 fully saturated rings. The smallest absolute Gasteiger partial charge is 0.227 e. The summed E-state index contributed by atoms with van der Waals surface area (Å²) in [5, 5.41) is 0. The van der Waals surface area contributed by atoms with Gasteiger partial charge in [-0.05, 0) is 24.1 Å². The molecule has 0 radical (unpaired) electrons. The van der Waals surface area contributed by atoms with E-state index in [9.17, 15) is 13.2 Å². The van der Waals surface area contributed by atoms with E-state index in [4.69, 9.17) is 9.47 Å². The summed E-state index contributed by atoms with van der Waals surface area (Å²) in [5.41, 5.74) is 0.864. The molecule has 0 aliphatic carbocycles. The molecular weight excluding hydrogens is 330 g/mol. The van der Waals surface area contributed by atoms with Crippen molar-refractivity contribution >= 4 is 15.7 Å². The van der Waals surface area contributed by atoms with Gasteiger partial charge in [0.1, 0.15) is 10.5 Å². The summed E-state index contributed by atoms with van der Waals surface area (Å²) in [6.45, 7) is 0.996. The second-order valence-electron chi connectivity index (χ2n) is 6.60. The monoisotopic (exact) mass is 353 g/mol. The van der Waals surface area contributed by atoms with Crippen LogP contribution in [-0.4, -0.2) is 63.6 Å². The van der Waals surface area contributed by atoms with E-state index in [1.807, 2.05) is 24.3 Å². The normalized spacial score (nSPS) is 23.9. The molecule has 1 unspecified atom stereocenters. The maximum atomic E-state index is 12.5. The molecule has 24 heavy (non-hydrogen) atoms. The first-order chi connectivity index (χ1) is 11.4. The number of carbonyl (C=O) groups is 1. The minimum atomic E-state index is -3.17. The van der Waals surface area contributed by atoms with E-state index in [1.54, 1.807) is 19.1 Å². The Bertz CT molecular complexity index is 724. The second kappa shape index (κ2) is 6.37. The molecule has 0 bridgehead atoms. The van der Waals surface area contributed by atoms with Gasteiger partial charge in [-0.2, -0.15) is 0 Å². The van der Waals surface area contributed by atoms with E-state index in [2.05, 4.69) is 0 Å². The molecule has 0 N–H and O–H groups in total. The highest BCUT2D eigenvalue weighted by molar-refractivity contribution is 7.93. The van der Waals surface area contributed by atoms with Crippen molar-refractivity contribution in [3.63, 3.8) is 0 Å². The van der Waals surface area contributed by atoms with E-state index in [0.29, 0.717) is 18.8 Å². The van der Waals surface area contributed by atoms with Crippen molar-refractivity contribution in [2.24, 2.45) is 5.92 Å². The lowest BCUT2D eigenvalue weighted by Crippen LogP contribution is -2.69. The molecule has 0 saturated carbocycles. The van der Waals surface area contributed by atoms with Crippen LogP contribution in [0.15, 0.2) is 24.3 Å². The summed E-state index contributed by atoms with van der Waals surface area (Å²) in [6.07, 6.45) is 0.871. The van der Waals surface area contributed by atoms with Gasteiger partial charge in [-0.25, -0.2) is 8.42 Å². The maximum Gasteiger partial charge on any atom is 0.227 e. The largest absolute Gasteiger partial charge is 0.497 e. The van der Waals surface area contributed by atoms with Gasteiger partial charge in [0.05, 0.1) is 25.9 Å². The lowest BCUT2D eigenvalue weighted by Gasteiger charge is -2.49. The third-order valence-electron chi connectivity index (χ3n) is 5.23. The highest BCUT2D eigenvalue weighted by atomic mass is 32.2. The van der Waals surface area contributed by atoms with Crippen LogP contribution in [0.2, 0.25) is 0 Å². The van der Waals surface area contributed by atoms with Crippen LogP contribution in [0.5, 0.6) is 5.75 Å². The first kappa shape index (κ1) is 17.2. The van der Waals surface area contributed by atoms with Crippen LogP contribution in [0.25, 0.3) is 0 Å². The summed E-state index contributed by atoms with van der Waals surface area (Å²) in [6, 6.07) is 7.37. The zero-order valence-electron chi connectivity index (χ0n) is 14.0. The first-order valence-electron chi connectivity index (χ1n) is 8.04. The Kier molecular flexibility index (Phi) is 4.57. The van der Waals surface area contributed by atoms with Gasteiger partial charge in [-0.1, -0.05) is 12.1 Å². The molecule has 2 aliphatic rings. The van der Waals surface area contributed by atoms with Crippen molar-refractivity contribution < 1.29 is 22.7 Å². The quantitative estimate of drug-likeness (QED) is 0.786. The Morgan fingerprint density at radius 3 is 2.75 bits per heavy atom. The van der Waals surface area contributed by atoms with Crippen molar-refractivity contribution in [3.05, 3.63) is 29.8 Å². The standard InChI is InChI=1S/C17H23NO5S/c1-22-10-14-6-7-24(20,21)17(14)11-18(12-17)16(19)9-13-4-3-5-15(8-13)23-2/h3-5,8,14H,6-7,9-12H2,1-2H3. The van der Waals surface area contributed by atoms with Gasteiger partial charge in [0.25, 0.3) is 0 Å². The summed E-state index contributed by atoms with van der Waals surface area (Å²) in [7, 11) is 0.00557. The van der Waals surface area contributed by atoms with Gasteiger partial charge in [0.2, 0.25) is 5.91 Å². The van der Waals surface area contributed by atoms with Crippen molar-refractivity contribution in [2.45, 2.75) is 17.6 Å². The van der Waals surface area contributed by atoms with Gasteiger partial charge < -0.3 is 14.4 Å². The fourth-order valence-corrected chi connectivity index (χ4v) is 6.15. The average molecular weight is 353 g/mol. The molecule has 1 spiro atoms. The Labute approximate surface area is 142 Å². The number of methoxy groups -OCH3 is 2. The van der Waals surface area contributed by atoms with E-state index in [1.165, 1.54) is 0 Å². The summed E-state index contributed by atoms with van der Waals surface area (Å²) in [5.74, 6) is 0.832. The Balaban J connectivity index is 1.67. The van der Waals surface area contributed by atoms with Gasteiger partial charge in [0, 0.05) is 26.1 Å². The second-order valence-corrected chi connectivity index (χ2v) is 9.05. The highest BCUT2D eigenvalue weighted by Gasteiger charge is 2.62. The first-order valence-corrected chi connectivity index (χ1v) is 9.69. The van der Waals surface area contributed by atoms with Crippen molar-refractivity contribution in [2.75, 3.05) is 39.7 Å². The van der Waals surface area contributed by atoms with Crippen LogP contribution in [0.4, 0.5) is 0 Å². The van der Waals surface area contributed by atoms with E-state index < -0.39 is 14.6 Å². The molecule has 1 amide bonds. The fourth-order valence-electron chi connectivity index (χ4n) is 3.75. The van der Waals surface area contributed by atoms with E-state index in [-0.39, 0.29) is 37.1 Å². The Morgan fingerprint density at radius 2 is 2.08 bits per heavy atom. The fraction of sp³-hybridized carbons (Fsp3) is 0.588. The lowest BCUT2D eigenvalue weighted by molar-refractivity contribution is -0.137. The number of rotatable bonds is 5. The van der Waals surface area contributed by atoms with Crippen molar-refractivity contribution in [1.29, 1.82) is 0 Å². The minimum absolute atomic E-state index is 0.0200. The summed E-state index contributed by atoms with van der Waals surface area (Å²) >= 11 is 0. The van der Waals surface area contributed by atoms with Crippen LogP contribution in [0, 0.1) is 5.92 Å². The van der Waals surface area contributed by atoms with Gasteiger partial charge in [-0.15, -0.1) is 0 Å². The van der Waals surface area contributed by atoms with Crippen LogP contribution in [0.3, 0.4) is 0 Å². The molecular formula is C17H23NO5S. The number of benzene rings is 1. The number of nitrogens with zero attached hydrogens (tertiary/aromatic N) is 1. The molecule has 1 atom stereocenters. The number of amides is 1. The molecule has 1 aromatic carbocycles. The van der Waals surface area contributed by atoms with Crippen LogP contribution < -0.4 is 4.74 Å². The third-order valence-corrected chi connectivity index (χ3v) is 7.83. The molecule has 2 saturated heterocycles. The summed E-state index contributed by atoms with van der Waals surface area (Å²) in [4.78, 5) is 14.1. The number of hydrogen-bond donors (Lipinski definition) is 0. The third kappa shape index (κ3) is 2.80. The zero-order chi connectivity index (χ0) is 17.4. The van der Waals surface area contributed by atoms with Crippen molar-refractivity contribution in [3.8, 4) is 5.75 Å². The van der Waals surface area contributed by atoms with Gasteiger partial charge >= 0.3 is 0 Å². The number of sulfone groups is 1. The lowest BCUT2D eigenvalue weighted by atomic mass is 9.83.